The van der Waals surface area contributed by atoms with Crippen molar-refractivity contribution in [2.24, 2.45) is 5.92 Å². The molecule has 8 heteroatoms. The summed E-state index contributed by atoms with van der Waals surface area (Å²) in [6, 6.07) is 6.80. The van der Waals surface area contributed by atoms with Gasteiger partial charge in [-0.25, -0.2) is 9.59 Å². The SMILES string of the molecule is CC(C)CC(C(=O)O)N1CC[C@](Cc2c[nH]c3ccccc23)(NC(=O)OC(C)(C)C)C1=O. The van der Waals surface area contributed by atoms with Crippen molar-refractivity contribution in [1.29, 1.82) is 0 Å². The molecule has 1 fully saturated rings. The maximum Gasteiger partial charge on any atom is 0.408 e. The van der Waals surface area contributed by atoms with E-state index in [-0.39, 0.29) is 24.8 Å². The van der Waals surface area contributed by atoms with Crippen LogP contribution >= 0.6 is 0 Å². The van der Waals surface area contributed by atoms with Crippen LogP contribution in [0.5, 0.6) is 0 Å². The number of ether oxygens (including phenoxy) is 1. The molecule has 1 aliphatic rings. The standard InChI is InChI=1S/C24H33N3O5/c1-15(2)12-19(20(28)29)27-11-10-24(21(27)30,26-22(31)32-23(3,4)5)13-16-14-25-18-9-7-6-8-17(16)18/h6-9,14-15,19,25H,10-13H2,1-5H3,(H,26,31)(H,28,29)/t19?,24-/m1/s1. The van der Waals surface area contributed by atoms with Gasteiger partial charge in [0, 0.05) is 30.1 Å². The summed E-state index contributed by atoms with van der Waals surface area (Å²) in [6.07, 6.45) is 2.02. The Morgan fingerprint density at radius 2 is 1.97 bits per heavy atom. The molecule has 0 saturated carbocycles. The van der Waals surface area contributed by atoms with Gasteiger partial charge >= 0.3 is 12.1 Å². The van der Waals surface area contributed by atoms with Crippen molar-refractivity contribution in [1.82, 2.24) is 15.2 Å². The summed E-state index contributed by atoms with van der Waals surface area (Å²) in [4.78, 5) is 43.0. The van der Waals surface area contributed by atoms with Crippen molar-refractivity contribution >= 4 is 28.9 Å². The van der Waals surface area contributed by atoms with Gasteiger partial charge in [-0.15, -0.1) is 0 Å². The topological polar surface area (TPSA) is 112 Å². The molecular formula is C24H33N3O5. The number of likely N-dealkylation sites (tertiary alicyclic amines) is 1. The highest BCUT2D eigenvalue weighted by atomic mass is 16.6. The number of aromatic nitrogens is 1. The molecule has 1 saturated heterocycles. The van der Waals surface area contributed by atoms with Gasteiger partial charge in [0.1, 0.15) is 17.2 Å². The molecule has 2 atom stereocenters. The Bertz CT molecular complexity index is 1010. The molecule has 32 heavy (non-hydrogen) atoms. The van der Waals surface area contributed by atoms with E-state index in [4.69, 9.17) is 4.74 Å². The van der Waals surface area contributed by atoms with E-state index >= 15 is 0 Å². The smallest absolute Gasteiger partial charge is 0.408 e. The van der Waals surface area contributed by atoms with E-state index in [1.165, 1.54) is 4.90 Å². The van der Waals surface area contributed by atoms with Gasteiger partial charge in [-0.05, 0) is 51.2 Å². The number of nitrogens with zero attached hydrogens (tertiary/aromatic N) is 1. The Balaban J connectivity index is 1.96. The number of carbonyl (C=O) groups is 3. The van der Waals surface area contributed by atoms with E-state index in [1.54, 1.807) is 20.8 Å². The lowest BCUT2D eigenvalue weighted by Gasteiger charge is -2.32. The number of alkyl carbamates (subject to hydrolysis) is 1. The highest BCUT2D eigenvalue weighted by molar-refractivity contribution is 5.96. The molecule has 2 heterocycles. The van der Waals surface area contributed by atoms with Crippen molar-refractivity contribution < 1.29 is 24.2 Å². The van der Waals surface area contributed by atoms with Gasteiger partial charge in [0.15, 0.2) is 0 Å². The number of aliphatic carboxylic acids is 1. The van der Waals surface area contributed by atoms with E-state index in [0.717, 1.165) is 16.5 Å². The molecule has 3 N–H and O–H groups in total. The Labute approximate surface area is 188 Å². The fourth-order valence-electron chi connectivity index (χ4n) is 4.33. The zero-order chi connectivity index (χ0) is 23.7. The first-order valence-corrected chi connectivity index (χ1v) is 11.0. The minimum atomic E-state index is -1.28. The van der Waals surface area contributed by atoms with Crippen molar-refractivity contribution in [2.45, 2.75) is 71.1 Å². The van der Waals surface area contributed by atoms with Gasteiger partial charge in [-0.1, -0.05) is 32.0 Å². The van der Waals surface area contributed by atoms with E-state index in [1.807, 2.05) is 44.3 Å². The quantitative estimate of drug-likeness (QED) is 0.604. The predicted molar refractivity (Wildman–Crippen MR) is 121 cm³/mol. The molecule has 0 bridgehead atoms. The molecule has 0 radical (unpaired) electrons. The van der Waals surface area contributed by atoms with E-state index in [0.29, 0.717) is 12.8 Å². The molecule has 174 valence electrons. The predicted octanol–water partition coefficient (Wildman–Crippen LogP) is 3.71. The van der Waals surface area contributed by atoms with Gasteiger partial charge in [0.25, 0.3) is 0 Å². The first-order chi connectivity index (χ1) is 14.9. The number of para-hydroxylation sites is 1. The van der Waals surface area contributed by atoms with Gasteiger partial charge in [-0.3, -0.25) is 4.79 Å². The van der Waals surface area contributed by atoms with Gasteiger partial charge in [-0.2, -0.15) is 0 Å². The van der Waals surface area contributed by atoms with Crippen molar-refractivity contribution in [3.05, 3.63) is 36.0 Å². The van der Waals surface area contributed by atoms with Crippen LogP contribution in [0.15, 0.2) is 30.5 Å². The molecule has 1 aromatic heterocycles. The lowest BCUT2D eigenvalue weighted by atomic mass is 9.89. The number of fused-ring (bicyclic) bond motifs is 1. The summed E-state index contributed by atoms with van der Waals surface area (Å²) in [6.45, 7) is 9.37. The number of nitrogens with one attached hydrogen (secondary N) is 2. The number of rotatable bonds is 7. The highest BCUT2D eigenvalue weighted by Crippen LogP contribution is 2.33. The largest absolute Gasteiger partial charge is 0.480 e. The second kappa shape index (κ2) is 8.84. The summed E-state index contributed by atoms with van der Waals surface area (Å²) < 4.78 is 5.44. The monoisotopic (exact) mass is 443 g/mol. The van der Waals surface area contributed by atoms with E-state index in [2.05, 4.69) is 10.3 Å². The van der Waals surface area contributed by atoms with Crippen LogP contribution in [0, 0.1) is 5.92 Å². The van der Waals surface area contributed by atoms with Crippen LogP contribution in [0.3, 0.4) is 0 Å². The van der Waals surface area contributed by atoms with Crippen LogP contribution in [-0.2, 0) is 20.7 Å². The second-order valence-electron chi connectivity index (χ2n) is 9.98. The van der Waals surface area contributed by atoms with E-state index < -0.39 is 29.2 Å². The molecular weight excluding hydrogens is 410 g/mol. The minimum absolute atomic E-state index is 0.103. The summed E-state index contributed by atoms with van der Waals surface area (Å²) in [7, 11) is 0. The Kier molecular flexibility index (Phi) is 6.53. The normalized spacial score (nSPS) is 20.1. The second-order valence-corrected chi connectivity index (χ2v) is 9.98. The summed E-state index contributed by atoms with van der Waals surface area (Å²) in [5.74, 6) is -1.32. The Hall–Kier alpha value is -3.03. The summed E-state index contributed by atoms with van der Waals surface area (Å²) >= 11 is 0. The Morgan fingerprint density at radius 1 is 1.28 bits per heavy atom. The van der Waals surface area contributed by atoms with Crippen LogP contribution in [0.4, 0.5) is 4.79 Å². The zero-order valence-corrected chi connectivity index (χ0v) is 19.4. The van der Waals surface area contributed by atoms with Crippen molar-refractivity contribution in [3.63, 3.8) is 0 Å². The number of amides is 2. The maximum atomic E-state index is 13.7. The average molecular weight is 444 g/mol. The fourth-order valence-corrected chi connectivity index (χ4v) is 4.33. The fraction of sp³-hybridized carbons (Fsp3) is 0.542. The first-order valence-electron chi connectivity index (χ1n) is 11.0. The molecule has 2 amide bonds. The van der Waals surface area contributed by atoms with Crippen molar-refractivity contribution in [3.8, 4) is 0 Å². The number of benzene rings is 1. The van der Waals surface area contributed by atoms with Gasteiger partial charge in [0.05, 0.1) is 0 Å². The van der Waals surface area contributed by atoms with Crippen LogP contribution < -0.4 is 5.32 Å². The lowest BCUT2D eigenvalue weighted by Crippen LogP contribution is -2.58. The summed E-state index contributed by atoms with van der Waals surface area (Å²) in [5.41, 5.74) is -0.199. The number of hydrogen-bond donors (Lipinski definition) is 3. The average Bonchev–Trinajstić information content (AvgIpc) is 3.20. The van der Waals surface area contributed by atoms with Crippen LogP contribution in [0.1, 0.15) is 53.0 Å². The lowest BCUT2D eigenvalue weighted by molar-refractivity contribution is -0.150. The summed E-state index contributed by atoms with van der Waals surface area (Å²) in [5, 5.41) is 13.6. The number of carboxylic acids is 1. The number of hydrogen-bond acceptors (Lipinski definition) is 4. The van der Waals surface area contributed by atoms with E-state index in [9.17, 15) is 19.5 Å². The molecule has 8 nitrogen and oxygen atoms in total. The van der Waals surface area contributed by atoms with Gasteiger partial charge in [0.2, 0.25) is 5.91 Å². The third kappa shape index (κ3) is 5.06. The number of aromatic amines is 1. The third-order valence-electron chi connectivity index (χ3n) is 5.71. The zero-order valence-electron chi connectivity index (χ0n) is 19.4. The van der Waals surface area contributed by atoms with Crippen LogP contribution in [-0.4, -0.2) is 56.7 Å². The Morgan fingerprint density at radius 3 is 2.59 bits per heavy atom. The third-order valence-corrected chi connectivity index (χ3v) is 5.71. The number of H-pyrrole nitrogens is 1. The molecule has 0 spiro atoms. The molecule has 2 aromatic rings. The number of carboxylic acid groups (broad SMARTS) is 1. The first kappa shape index (κ1) is 23.6. The van der Waals surface area contributed by atoms with Crippen molar-refractivity contribution in [2.75, 3.05) is 6.54 Å². The van der Waals surface area contributed by atoms with Gasteiger partial charge < -0.3 is 25.0 Å². The molecule has 0 aliphatic carbocycles. The maximum absolute atomic E-state index is 13.7. The molecule has 1 aliphatic heterocycles. The molecule has 1 aromatic carbocycles. The number of carbonyl (C=O) groups excluding carboxylic acids is 2. The highest BCUT2D eigenvalue weighted by Gasteiger charge is 2.51. The minimum Gasteiger partial charge on any atom is -0.480 e. The molecule has 3 rings (SSSR count). The molecule has 1 unspecified atom stereocenters. The van der Waals surface area contributed by atoms with Crippen LogP contribution in [0.2, 0.25) is 0 Å². The van der Waals surface area contributed by atoms with Crippen LogP contribution in [0.25, 0.3) is 10.9 Å².